The van der Waals surface area contributed by atoms with Crippen LogP contribution in [0.1, 0.15) is 31.0 Å². The summed E-state index contributed by atoms with van der Waals surface area (Å²) in [6, 6.07) is 0. The van der Waals surface area contributed by atoms with Crippen molar-refractivity contribution in [3.8, 4) is 0 Å². The minimum Gasteiger partial charge on any atom is -0.379 e. The molecule has 0 aromatic carbocycles. The third-order valence-electron chi connectivity index (χ3n) is 3.75. The van der Waals surface area contributed by atoms with Gasteiger partial charge in [0.1, 0.15) is 0 Å². The zero-order valence-electron chi connectivity index (χ0n) is 13.7. The number of morpholine rings is 1. The highest BCUT2D eigenvalue weighted by Gasteiger charge is 2.09. The Kier molecular flexibility index (Phi) is 12.0. The number of aryl methyl sites for hydroxylation is 2. The molecule has 0 atom stereocenters. The van der Waals surface area contributed by atoms with Crippen molar-refractivity contribution >= 4 is 24.8 Å². The molecule has 1 aliphatic rings. The van der Waals surface area contributed by atoms with Gasteiger partial charge in [0.25, 0.3) is 0 Å². The molecule has 1 aliphatic heterocycles. The Morgan fingerprint density at radius 1 is 1.23 bits per heavy atom. The number of halogens is 2. The van der Waals surface area contributed by atoms with E-state index in [-0.39, 0.29) is 24.8 Å². The largest absolute Gasteiger partial charge is 0.379 e. The van der Waals surface area contributed by atoms with Gasteiger partial charge in [-0.15, -0.1) is 24.8 Å². The van der Waals surface area contributed by atoms with Crippen molar-refractivity contribution in [1.82, 2.24) is 20.0 Å². The third-order valence-corrected chi connectivity index (χ3v) is 3.75. The van der Waals surface area contributed by atoms with Crippen LogP contribution in [0.3, 0.4) is 0 Å². The fourth-order valence-electron chi connectivity index (χ4n) is 2.55. The first-order valence-corrected chi connectivity index (χ1v) is 7.83. The molecular weight excluding hydrogens is 323 g/mol. The zero-order chi connectivity index (χ0) is 14.2. The molecule has 0 amide bonds. The number of aromatic nitrogens is 2. The van der Waals surface area contributed by atoms with Crippen LogP contribution in [0, 0.1) is 6.92 Å². The van der Waals surface area contributed by atoms with Crippen LogP contribution in [0.15, 0.2) is 6.20 Å². The smallest absolute Gasteiger partial charge is 0.0638 e. The van der Waals surface area contributed by atoms with Crippen molar-refractivity contribution in [3.05, 3.63) is 17.5 Å². The molecule has 0 saturated carbocycles. The molecule has 5 nitrogen and oxygen atoms in total. The van der Waals surface area contributed by atoms with Gasteiger partial charge in [0, 0.05) is 37.9 Å². The van der Waals surface area contributed by atoms with Gasteiger partial charge in [-0.05, 0) is 32.9 Å². The van der Waals surface area contributed by atoms with E-state index in [9.17, 15) is 0 Å². The average molecular weight is 353 g/mol. The van der Waals surface area contributed by atoms with E-state index < -0.39 is 0 Å². The van der Waals surface area contributed by atoms with Crippen molar-refractivity contribution in [1.29, 1.82) is 0 Å². The maximum Gasteiger partial charge on any atom is 0.0638 e. The molecule has 2 rings (SSSR count). The topological polar surface area (TPSA) is 42.3 Å². The van der Waals surface area contributed by atoms with Crippen molar-refractivity contribution in [2.45, 2.75) is 39.8 Å². The van der Waals surface area contributed by atoms with E-state index >= 15 is 0 Å². The molecule has 0 radical (unpaired) electrons. The molecule has 0 bridgehead atoms. The molecule has 0 spiro atoms. The summed E-state index contributed by atoms with van der Waals surface area (Å²) in [6.07, 6.45) is 4.50. The van der Waals surface area contributed by atoms with E-state index in [0.29, 0.717) is 0 Å². The minimum atomic E-state index is 0. The summed E-state index contributed by atoms with van der Waals surface area (Å²) in [5, 5.41) is 8.05. The lowest BCUT2D eigenvalue weighted by molar-refractivity contribution is 0.0374. The van der Waals surface area contributed by atoms with Gasteiger partial charge < -0.3 is 10.1 Å². The van der Waals surface area contributed by atoms with Gasteiger partial charge in [-0.25, -0.2) is 0 Å². The summed E-state index contributed by atoms with van der Waals surface area (Å²) in [6.45, 7) is 12.4. The molecule has 1 N–H and O–H groups in total. The predicted molar refractivity (Wildman–Crippen MR) is 95.3 cm³/mol. The van der Waals surface area contributed by atoms with Crippen molar-refractivity contribution < 1.29 is 4.74 Å². The van der Waals surface area contributed by atoms with Gasteiger partial charge in [0.15, 0.2) is 0 Å². The molecular formula is C15H30Cl2N4O. The van der Waals surface area contributed by atoms with Gasteiger partial charge in [0.05, 0.1) is 18.9 Å². The van der Waals surface area contributed by atoms with E-state index in [1.54, 1.807) is 0 Å². The Morgan fingerprint density at radius 3 is 2.64 bits per heavy atom. The van der Waals surface area contributed by atoms with E-state index in [1.165, 1.54) is 18.5 Å². The Labute approximate surface area is 146 Å². The summed E-state index contributed by atoms with van der Waals surface area (Å²) < 4.78 is 7.41. The second-order valence-electron chi connectivity index (χ2n) is 5.49. The Morgan fingerprint density at radius 2 is 1.95 bits per heavy atom. The van der Waals surface area contributed by atoms with Crippen LogP contribution < -0.4 is 5.32 Å². The van der Waals surface area contributed by atoms with E-state index in [2.05, 4.69) is 40.0 Å². The quantitative estimate of drug-likeness (QED) is 0.728. The Balaban J connectivity index is 0.00000220. The highest BCUT2D eigenvalue weighted by Crippen LogP contribution is 2.06. The van der Waals surface area contributed by atoms with Crippen LogP contribution in [0.2, 0.25) is 0 Å². The van der Waals surface area contributed by atoms with Crippen LogP contribution in [-0.2, 0) is 17.8 Å². The number of ether oxygens (including phenoxy) is 1. The standard InChI is InChI=1S/C15H28N4O.2ClH/c1-3-6-19-13-15(14(2)17-19)12-16-5-4-7-18-8-10-20-11-9-18;;/h13,16H,3-12H2,1-2H3;2*1H. The van der Waals surface area contributed by atoms with Gasteiger partial charge in [-0.2, -0.15) is 5.10 Å². The second kappa shape index (κ2) is 12.1. The third kappa shape index (κ3) is 7.29. The average Bonchev–Trinajstić information content (AvgIpc) is 2.80. The molecule has 2 heterocycles. The van der Waals surface area contributed by atoms with Crippen molar-refractivity contribution in [3.63, 3.8) is 0 Å². The van der Waals surface area contributed by atoms with Gasteiger partial charge in [0.2, 0.25) is 0 Å². The maximum atomic E-state index is 5.35. The number of nitrogens with zero attached hydrogens (tertiary/aromatic N) is 3. The highest BCUT2D eigenvalue weighted by molar-refractivity contribution is 5.85. The normalized spacial score (nSPS) is 15.2. The number of nitrogens with one attached hydrogen (secondary N) is 1. The highest BCUT2D eigenvalue weighted by atomic mass is 35.5. The van der Waals surface area contributed by atoms with Crippen LogP contribution in [0.25, 0.3) is 0 Å². The summed E-state index contributed by atoms with van der Waals surface area (Å²) in [5.41, 5.74) is 2.48. The monoisotopic (exact) mass is 352 g/mol. The van der Waals surface area contributed by atoms with Crippen LogP contribution >= 0.6 is 24.8 Å². The van der Waals surface area contributed by atoms with E-state index in [4.69, 9.17) is 4.74 Å². The lowest BCUT2D eigenvalue weighted by Gasteiger charge is -2.26. The minimum absolute atomic E-state index is 0. The number of rotatable bonds is 8. The lowest BCUT2D eigenvalue weighted by Crippen LogP contribution is -2.37. The fraction of sp³-hybridized carbons (Fsp3) is 0.800. The zero-order valence-corrected chi connectivity index (χ0v) is 15.3. The van der Waals surface area contributed by atoms with Gasteiger partial charge in [-0.1, -0.05) is 6.92 Å². The van der Waals surface area contributed by atoms with E-state index in [1.807, 2.05) is 0 Å². The van der Waals surface area contributed by atoms with Gasteiger partial charge in [-0.3, -0.25) is 9.58 Å². The van der Waals surface area contributed by atoms with E-state index in [0.717, 1.165) is 58.1 Å². The first-order valence-electron chi connectivity index (χ1n) is 7.83. The molecule has 1 aromatic heterocycles. The van der Waals surface area contributed by atoms with Crippen LogP contribution in [0.5, 0.6) is 0 Å². The summed E-state index contributed by atoms with van der Waals surface area (Å²) >= 11 is 0. The molecule has 0 unspecified atom stereocenters. The maximum absolute atomic E-state index is 5.35. The summed E-state index contributed by atoms with van der Waals surface area (Å²) in [4.78, 5) is 2.48. The SMILES string of the molecule is CCCn1cc(CNCCCN2CCOCC2)c(C)n1.Cl.Cl. The fourth-order valence-corrected chi connectivity index (χ4v) is 2.55. The molecule has 1 saturated heterocycles. The first-order chi connectivity index (χ1) is 9.79. The molecule has 7 heteroatoms. The molecule has 130 valence electrons. The number of hydrogen-bond acceptors (Lipinski definition) is 4. The lowest BCUT2D eigenvalue weighted by atomic mass is 10.2. The number of hydrogen-bond donors (Lipinski definition) is 1. The predicted octanol–water partition coefficient (Wildman–Crippen LogP) is 2.26. The van der Waals surface area contributed by atoms with Gasteiger partial charge >= 0.3 is 0 Å². The van der Waals surface area contributed by atoms with Crippen LogP contribution in [0.4, 0.5) is 0 Å². The summed E-state index contributed by atoms with van der Waals surface area (Å²) in [5.74, 6) is 0. The molecule has 22 heavy (non-hydrogen) atoms. The molecule has 0 aliphatic carbocycles. The molecule has 1 fully saturated rings. The Hall–Kier alpha value is -0.330. The Bertz CT molecular complexity index is 395. The van der Waals surface area contributed by atoms with Crippen LogP contribution in [-0.4, -0.2) is 54.1 Å². The van der Waals surface area contributed by atoms with Crippen molar-refractivity contribution in [2.24, 2.45) is 0 Å². The summed E-state index contributed by atoms with van der Waals surface area (Å²) in [7, 11) is 0. The second-order valence-corrected chi connectivity index (χ2v) is 5.49. The van der Waals surface area contributed by atoms with Crippen molar-refractivity contribution in [2.75, 3.05) is 39.4 Å². The first kappa shape index (κ1) is 21.7. The molecule has 1 aromatic rings.